The first kappa shape index (κ1) is 15.4. The zero-order valence-electron chi connectivity index (χ0n) is 11.0. The smallest absolute Gasteiger partial charge is 0.234 e. The van der Waals surface area contributed by atoms with Crippen molar-refractivity contribution in [2.45, 2.75) is 46.6 Å². The fourth-order valence-electron chi connectivity index (χ4n) is 1.53. The molecule has 0 aromatic rings. The molecule has 1 amide bonds. The van der Waals surface area contributed by atoms with Crippen LogP contribution >= 0.6 is 0 Å². The first-order valence-corrected chi connectivity index (χ1v) is 5.98. The van der Waals surface area contributed by atoms with Crippen molar-refractivity contribution in [3.8, 4) is 0 Å². The number of nitrogens with one attached hydrogen (secondary N) is 2. The Morgan fingerprint density at radius 2 is 2.00 bits per heavy atom. The van der Waals surface area contributed by atoms with Gasteiger partial charge in [-0.25, -0.2) is 0 Å². The van der Waals surface area contributed by atoms with Gasteiger partial charge in [-0.2, -0.15) is 0 Å². The molecule has 0 aromatic carbocycles. The fourth-order valence-corrected chi connectivity index (χ4v) is 1.53. The second kappa shape index (κ2) is 7.63. The van der Waals surface area contributed by atoms with Gasteiger partial charge in [-0.3, -0.25) is 4.79 Å². The van der Waals surface area contributed by atoms with Crippen LogP contribution in [-0.2, 0) is 4.79 Å². The Morgan fingerprint density at radius 3 is 2.50 bits per heavy atom. The van der Waals surface area contributed by atoms with Crippen molar-refractivity contribution in [2.75, 3.05) is 19.7 Å². The van der Waals surface area contributed by atoms with E-state index in [2.05, 4.69) is 24.5 Å². The molecule has 0 bridgehead atoms. The average Bonchev–Trinajstić information content (AvgIpc) is 2.13. The van der Waals surface area contributed by atoms with Gasteiger partial charge in [-0.15, -0.1) is 0 Å². The second-order valence-electron chi connectivity index (χ2n) is 5.32. The summed E-state index contributed by atoms with van der Waals surface area (Å²) in [4.78, 5) is 11.3. The maximum atomic E-state index is 11.3. The molecule has 96 valence electrons. The molecule has 0 radical (unpaired) electrons. The van der Waals surface area contributed by atoms with Gasteiger partial charge >= 0.3 is 0 Å². The molecule has 0 saturated carbocycles. The molecule has 0 spiro atoms. The Balaban J connectivity index is 3.67. The predicted molar refractivity (Wildman–Crippen MR) is 66.2 cm³/mol. The molecule has 0 unspecified atom stereocenters. The van der Waals surface area contributed by atoms with Crippen LogP contribution in [0.2, 0.25) is 0 Å². The van der Waals surface area contributed by atoms with Crippen LogP contribution < -0.4 is 10.6 Å². The van der Waals surface area contributed by atoms with E-state index >= 15 is 0 Å². The maximum absolute atomic E-state index is 11.3. The minimum atomic E-state index is 0.0351. The molecular weight excluding hydrogens is 204 g/mol. The van der Waals surface area contributed by atoms with E-state index in [9.17, 15) is 4.79 Å². The second-order valence-corrected chi connectivity index (χ2v) is 5.32. The van der Waals surface area contributed by atoms with Crippen molar-refractivity contribution in [1.82, 2.24) is 10.6 Å². The topological polar surface area (TPSA) is 61.4 Å². The highest BCUT2D eigenvalue weighted by Crippen LogP contribution is 2.20. The number of carbonyl (C=O) groups is 1. The first-order chi connectivity index (χ1) is 7.37. The van der Waals surface area contributed by atoms with Crippen molar-refractivity contribution in [1.29, 1.82) is 0 Å². The average molecular weight is 230 g/mol. The monoisotopic (exact) mass is 230 g/mol. The van der Waals surface area contributed by atoms with Crippen LogP contribution in [0.5, 0.6) is 0 Å². The van der Waals surface area contributed by atoms with Crippen molar-refractivity contribution in [3.05, 3.63) is 0 Å². The van der Waals surface area contributed by atoms with E-state index in [1.54, 1.807) is 0 Å². The first-order valence-electron chi connectivity index (χ1n) is 5.98. The fraction of sp³-hybridized carbons (Fsp3) is 0.917. The Bertz CT molecular complexity index is 203. The molecule has 4 heteroatoms. The molecule has 0 fully saturated rings. The summed E-state index contributed by atoms with van der Waals surface area (Å²) in [5, 5.41) is 14.7. The lowest BCUT2D eigenvalue weighted by atomic mass is 9.88. The lowest BCUT2D eigenvalue weighted by Gasteiger charge is -2.24. The summed E-state index contributed by atoms with van der Waals surface area (Å²) in [5.74, 6) is 0.0351. The van der Waals surface area contributed by atoms with Gasteiger partial charge in [-0.1, -0.05) is 13.8 Å². The lowest BCUT2D eigenvalue weighted by molar-refractivity contribution is -0.120. The van der Waals surface area contributed by atoms with Gasteiger partial charge in [0, 0.05) is 19.2 Å². The van der Waals surface area contributed by atoms with E-state index in [0.717, 1.165) is 19.4 Å². The molecule has 0 aromatic heterocycles. The van der Waals surface area contributed by atoms with Gasteiger partial charge in [-0.05, 0) is 32.1 Å². The van der Waals surface area contributed by atoms with E-state index < -0.39 is 0 Å². The van der Waals surface area contributed by atoms with Gasteiger partial charge in [0.05, 0.1) is 6.54 Å². The standard InChI is InChI=1S/C12H26N2O2/c1-10(2)14-11(16)8-13-9-12(3,4)6-5-7-15/h10,13,15H,5-9H2,1-4H3,(H,14,16). The molecule has 0 atom stereocenters. The van der Waals surface area contributed by atoms with Gasteiger partial charge in [0.2, 0.25) is 5.91 Å². The Morgan fingerprint density at radius 1 is 1.38 bits per heavy atom. The normalized spacial score (nSPS) is 11.9. The molecule has 0 heterocycles. The van der Waals surface area contributed by atoms with E-state index in [1.807, 2.05) is 13.8 Å². The van der Waals surface area contributed by atoms with Crippen LogP contribution in [0.1, 0.15) is 40.5 Å². The molecule has 0 aliphatic heterocycles. The summed E-state index contributed by atoms with van der Waals surface area (Å²) in [6, 6.07) is 0.191. The molecule has 0 rings (SSSR count). The number of aliphatic hydroxyl groups is 1. The molecule has 16 heavy (non-hydrogen) atoms. The van der Waals surface area contributed by atoms with Gasteiger partial charge in [0.25, 0.3) is 0 Å². The number of hydrogen-bond acceptors (Lipinski definition) is 3. The van der Waals surface area contributed by atoms with Crippen molar-refractivity contribution in [2.24, 2.45) is 5.41 Å². The molecule has 0 aliphatic rings. The Kier molecular flexibility index (Phi) is 7.34. The maximum Gasteiger partial charge on any atom is 0.234 e. The third-order valence-electron chi connectivity index (χ3n) is 2.35. The third kappa shape index (κ3) is 8.68. The zero-order valence-corrected chi connectivity index (χ0v) is 11.0. The highest BCUT2D eigenvalue weighted by atomic mass is 16.2. The van der Waals surface area contributed by atoms with Crippen LogP contribution in [0.25, 0.3) is 0 Å². The van der Waals surface area contributed by atoms with E-state index in [1.165, 1.54) is 0 Å². The minimum Gasteiger partial charge on any atom is -0.396 e. The SMILES string of the molecule is CC(C)NC(=O)CNCC(C)(C)CCCO. The van der Waals surface area contributed by atoms with Crippen LogP contribution in [0, 0.1) is 5.41 Å². The summed E-state index contributed by atoms with van der Waals surface area (Å²) in [6.07, 6.45) is 1.77. The number of rotatable bonds is 8. The predicted octanol–water partition coefficient (Wildman–Crippen LogP) is 0.899. The molecule has 0 aliphatic carbocycles. The van der Waals surface area contributed by atoms with Gasteiger partial charge < -0.3 is 15.7 Å². The third-order valence-corrected chi connectivity index (χ3v) is 2.35. The van der Waals surface area contributed by atoms with Gasteiger partial charge in [0.1, 0.15) is 0 Å². The summed E-state index contributed by atoms with van der Waals surface area (Å²) < 4.78 is 0. The Hall–Kier alpha value is -0.610. The van der Waals surface area contributed by atoms with E-state index in [0.29, 0.717) is 6.54 Å². The summed E-state index contributed by atoms with van der Waals surface area (Å²) >= 11 is 0. The summed E-state index contributed by atoms with van der Waals surface area (Å²) in [6.45, 7) is 9.55. The molecule has 0 saturated heterocycles. The molecule has 4 nitrogen and oxygen atoms in total. The number of aliphatic hydroxyl groups excluding tert-OH is 1. The van der Waals surface area contributed by atoms with Gasteiger partial charge in [0.15, 0.2) is 0 Å². The quantitative estimate of drug-likeness (QED) is 0.580. The van der Waals surface area contributed by atoms with Crippen LogP contribution in [0.4, 0.5) is 0 Å². The largest absolute Gasteiger partial charge is 0.396 e. The summed E-state index contributed by atoms with van der Waals surface area (Å²) in [7, 11) is 0. The lowest BCUT2D eigenvalue weighted by Crippen LogP contribution is -2.40. The van der Waals surface area contributed by atoms with Crippen LogP contribution in [0.15, 0.2) is 0 Å². The molecule has 3 N–H and O–H groups in total. The van der Waals surface area contributed by atoms with Crippen LogP contribution in [-0.4, -0.2) is 36.8 Å². The highest BCUT2D eigenvalue weighted by molar-refractivity contribution is 5.78. The number of carbonyl (C=O) groups excluding carboxylic acids is 1. The van der Waals surface area contributed by atoms with Crippen LogP contribution in [0.3, 0.4) is 0 Å². The van der Waals surface area contributed by atoms with Crippen molar-refractivity contribution < 1.29 is 9.90 Å². The number of hydrogen-bond donors (Lipinski definition) is 3. The number of amides is 1. The van der Waals surface area contributed by atoms with E-state index in [-0.39, 0.29) is 24.0 Å². The summed E-state index contributed by atoms with van der Waals surface area (Å²) in [5.41, 5.74) is 0.126. The minimum absolute atomic E-state index is 0.0351. The van der Waals surface area contributed by atoms with Crippen molar-refractivity contribution in [3.63, 3.8) is 0 Å². The highest BCUT2D eigenvalue weighted by Gasteiger charge is 2.17. The Labute approximate surface area is 98.8 Å². The zero-order chi connectivity index (χ0) is 12.6. The molecular formula is C12H26N2O2. The van der Waals surface area contributed by atoms with E-state index in [4.69, 9.17) is 5.11 Å². The van der Waals surface area contributed by atoms with Crippen molar-refractivity contribution >= 4 is 5.91 Å².